The van der Waals surface area contributed by atoms with Gasteiger partial charge in [-0.3, -0.25) is 4.79 Å². The van der Waals surface area contributed by atoms with E-state index < -0.39 is 0 Å². The third-order valence-corrected chi connectivity index (χ3v) is 3.94. The summed E-state index contributed by atoms with van der Waals surface area (Å²) in [6.45, 7) is 0.632. The number of carbonyl (C=O) groups is 1. The molecule has 6 nitrogen and oxygen atoms in total. The maximum atomic E-state index is 11.8. The molecule has 3 rings (SSSR count). The lowest BCUT2D eigenvalue weighted by Crippen LogP contribution is -2.34. The van der Waals surface area contributed by atoms with Crippen molar-refractivity contribution < 1.29 is 4.79 Å². The van der Waals surface area contributed by atoms with Crippen molar-refractivity contribution in [3.05, 3.63) is 57.5 Å². The topological polar surface area (TPSA) is 76.0 Å². The Hall–Kier alpha value is -2.34. The zero-order valence-corrected chi connectivity index (χ0v) is 13.2. The summed E-state index contributed by atoms with van der Waals surface area (Å²) in [4.78, 5) is 23.6. The molecule has 120 valence electrons. The lowest BCUT2D eigenvalue weighted by atomic mass is 10.3. The van der Waals surface area contributed by atoms with Gasteiger partial charge >= 0.3 is 6.03 Å². The molecule has 0 unspecified atom stereocenters. The van der Waals surface area contributed by atoms with Crippen LogP contribution in [0.15, 0.2) is 41.2 Å². The zero-order valence-electron chi connectivity index (χ0n) is 12.5. The van der Waals surface area contributed by atoms with Crippen molar-refractivity contribution in [3.63, 3.8) is 0 Å². The molecule has 2 aromatic rings. The van der Waals surface area contributed by atoms with Gasteiger partial charge in [-0.2, -0.15) is 5.10 Å². The summed E-state index contributed by atoms with van der Waals surface area (Å²) in [5, 5.41) is 10.2. The number of anilines is 1. The summed E-state index contributed by atoms with van der Waals surface area (Å²) in [6, 6.07) is 9.94. The van der Waals surface area contributed by atoms with Gasteiger partial charge < -0.3 is 10.6 Å². The summed E-state index contributed by atoms with van der Waals surface area (Å²) in [5.41, 5.74) is 1.32. The van der Waals surface area contributed by atoms with Crippen LogP contribution in [0.5, 0.6) is 0 Å². The van der Waals surface area contributed by atoms with Gasteiger partial charge in [0.2, 0.25) is 0 Å². The highest BCUT2D eigenvalue weighted by atomic mass is 35.5. The maximum absolute atomic E-state index is 11.8. The van der Waals surface area contributed by atoms with Gasteiger partial charge in [-0.15, -0.1) is 0 Å². The standard InChI is InChI=1S/C16H17ClN4O2/c17-12-3-1-2-4-14(12)19-16(23)18-9-10-21-15(22)8-7-13(20-21)11-5-6-11/h1-4,7-8,11H,5-6,9-10H2,(H2,18,19,23). The number of nitrogens with zero attached hydrogens (tertiary/aromatic N) is 2. The summed E-state index contributed by atoms with van der Waals surface area (Å²) in [6.07, 6.45) is 2.26. The minimum Gasteiger partial charge on any atom is -0.336 e. The Bertz CT molecular complexity index is 771. The van der Waals surface area contributed by atoms with Crippen LogP contribution in [0.25, 0.3) is 0 Å². The van der Waals surface area contributed by atoms with Gasteiger partial charge in [0, 0.05) is 18.5 Å². The number of halogens is 1. The quantitative estimate of drug-likeness (QED) is 0.883. The molecule has 1 heterocycles. The number of amides is 2. The summed E-state index contributed by atoms with van der Waals surface area (Å²) >= 11 is 5.97. The van der Waals surface area contributed by atoms with Crippen molar-refractivity contribution in [2.45, 2.75) is 25.3 Å². The van der Waals surface area contributed by atoms with Crippen LogP contribution in [0.3, 0.4) is 0 Å². The molecular weight excluding hydrogens is 316 g/mol. The number of hydrogen-bond acceptors (Lipinski definition) is 3. The molecular formula is C16H17ClN4O2. The Morgan fingerprint density at radius 1 is 1.26 bits per heavy atom. The minimum absolute atomic E-state index is 0.164. The number of carbonyl (C=O) groups excluding carboxylic acids is 1. The molecule has 0 bridgehead atoms. The molecule has 0 spiro atoms. The average molecular weight is 333 g/mol. The lowest BCUT2D eigenvalue weighted by molar-refractivity contribution is 0.251. The van der Waals surface area contributed by atoms with Gasteiger partial charge in [0.25, 0.3) is 5.56 Å². The van der Waals surface area contributed by atoms with E-state index in [4.69, 9.17) is 11.6 Å². The summed E-state index contributed by atoms with van der Waals surface area (Å²) in [5.74, 6) is 0.485. The number of benzene rings is 1. The van der Waals surface area contributed by atoms with E-state index in [2.05, 4.69) is 15.7 Å². The molecule has 1 fully saturated rings. The van der Waals surface area contributed by atoms with Crippen LogP contribution in [-0.4, -0.2) is 22.4 Å². The highest BCUT2D eigenvalue weighted by molar-refractivity contribution is 6.33. The first-order valence-corrected chi connectivity index (χ1v) is 7.89. The van der Waals surface area contributed by atoms with Gasteiger partial charge in [-0.1, -0.05) is 23.7 Å². The Balaban J connectivity index is 1.53. The van der Waals surface area contributed by atoms with Crippen molar-refractivity contribution in [2.75, 3.05) is 11.9 Å². The van der Waals surface area contributed by atoms with Crippen molar-refractivity contribution in [1.29, 1.82) is 0 Å². The molecule has 2 N–H and O–H groups in total. The Morgan fingerprint density at radius 2 is 2.04 bits per heavy atom. The van der Waals surface area contributed by atoms with Gasteiger partial charge in [0.15, 0.2) is 0 Å². The third kappa shape index (κ3) is 4.10. The van der Waals surface area contributed by atoms with E-state index in [1.807, 2.05) is 0 Å². The van der Waals surface area contributed by atoms with Gasteiger partial charge in [-0.25, -0.2) is 9.48 Å². The molecule has 0 atom stereocenters. The molecule has 1 aromatic heterocycles. The Morgan fingerprint density at radius 3 is 2.78 bits per heavy atom. The number of nitrogens with one attached hydrogen (secondary N) is 2. The fourth-order valence-corrected chi connectivity index (χ4v) is 2.41. The second-order valence-electron chi connectivity index (χ2n) is 5.45. The first-order valence-electron chi connectivity index (χ1n) is 7.51. The molecule has 1 aliphatic rings. The first kappa shape index (κ1) is 15.6. The van der Waals surface area contributed by atoms with E-state index in [-0.39, 0.29) is 11.6 Å². The number of hydrogen-bond donors (Lipinski definition) is 2. The first-order chi connectivity index (χ1) is 11.1. The van der Waals surface area contributed by atoms with Crippen LogP contribution < -0.4 is 16.2 Å². The molecule has 1 aliphatic carbocycles. The van der Waals surface area contributed by atoms with Gasteiger partial charge in [0.1, 0.15) is 0 Å². The predicted molar refractivity (Wildman–Crippen MR) is 88.9 cm³/mol. The molecule has 0 saturated heterocycles. The maximum Gasteiger partial charge on any atom is 0.319 e. The van der Waals surface area contributed by atoms with Gasteiger partial charge in [0.05, 0.1) is 22.9 Å². The Labute approximate surface area is 138 Å². The molecule has 23 heavy (non-hydrogen) atoms. The van der Waals surface area contributed by atoms with E-state index in [1.54, 1.807) is 30.3 Å². The van der Waals surface area contributed by atoms with Crippen LogP contribution in [0.2, 0.25) is 5.02 Å². The minimum atomic E-state index is -0.371. The van der Waals surface area contributed by atoms with E-state index in [9.17, 15) is 9.59 Å². The van der Waals surface area contributed by atoms with Crippen molar-refractivity contribution >= 4 is 23.3 Å². The van der Waals surface area contributed by atoms with Crippen LogP contribution in [0, 0.1) is 0 Å². The second kappa shape index (κ2) is 6.83. The predicted octanol–water partition coefficient (Wildman–Crippen LogP) is 2.60. The van der Waals surface area contributed by atoms with E-state index >= 15 is 0 Å². The van der Waals surface area contributed by atoms with Crippen LogP contribution in [0.1, 0.15) is 24.5 Å². The van der Waals surface area contributed by atoms with Crippen molar-refractivity contribution in [2.24, 2.45) is 0 Å². The number of rotatable bonds is 5. The number of aromatic nitrogens is 2. The van der Waals surface area contributed by atoms with Crippen LogP contribution in [-0.2, 0) is 6.54 Å². The largest absolute Gasteiger partial charge is 0.336 e. The monoisotopic (exact) mass is 332 g/mol. The number of urea groups is 1. The molecule has 0 aliphatic heterocycles. The van der Waals surface area contributed by atoms with Crippen LogP contribution in [0.4, 0.5) is 10.5 Å². The lowest BCUT2D eigenvalue weighted by Gasteiger charge is -2.10. The van der Waals surface area contributed by atoms with Crippen LogP contribution >= 0.6 is 11.6 Å². The van der Waals surface area contributed by atoms with Crippen molar-refractivity contribution in [3.8, 4) is 0 Å². The smallest absolute Gasteiger partial charge is 0.319 e. The zero-order chi connectivity index (χ0) is 16.2. The SMILES string of the molecule is O=C(NCCn1nc(C2CC2)ccc1=O)Nc1ccccc1Cl. The molecule has 7 heteroatoms. The fraction of sp³-hybridized carbons (Fsp3) is 0.312. The normalized spacial score (nSPS) is 13.6. The second-order valence-corrected chi connectivity index (χ2v) is 5.86. The van der Waals surface area contributed by atoms with Crippen molar-refractivity contribution in [1.82, 2.24) is 15.1 Å². The molecule has 0 radical (unpaired) electrons. The van der Waals surface area contributed by atoms with E-state index in [1.165, 1.54) is 10.7 Å². The summed E-state index contributed by atoms with van der Waals surface area (Å²) < 4.78 is 1.39. The summed E-state index contributed by atoms with van der Waals surface area (Å²) in [7, 11) is 0. The van der Waals surface area contributed by atoms with Gasteiger partial charge in [-0.05, 0) is 31.0 Å². The van der Waals surface area contributed by atoms with E-state index in [0.29, 0.717) is 29.7 Å². The number of para-hydroxylation sites is 1. The molecule has 2 amide bonds. The highest BCUT2D eigenvalue weighted by Crippen LogP contribution is 2.38. The van der Waals surface area contributed by atoms with E-state index in [0.717, 1.165) is 18.5 Å². The highest BCUT2D eigenvalue weighted by Gasteiger charge is 2.25. The third-order valence-electron chi connectivity index (χ3n) is 3.61. The fourth-order valence-electron chi connectivity index (χ4n) is 2.23. The average Bonchev–Trinajstić information content (AvgIpc) is 3.36. The molecule has 1 aromatic carbocycles. The molecule has 1 saturated carbocycles. The Kier molecular flexibility index (Phi) is 4.62.